The summed E-state index contributed by atoms with van der Waals surface area (Å²) in [6.45, 7) is 2.58. The number of aliphatic hydroxyl groups is 1. The molecule has 2 rings (SSSR count). The Kier molecular flexibility index (Phi) is 4.80. The highest BCUT2D eigenvalue weighted by atomic mass is 16.5. The number of likely N-dealkylation sites (N-methyl/N-ethyl adjacent to an activating group) is 1. The average Bonchev–Trinajstić information content (AvgIpc) is 2.50. The van der Waals surface area contributed by atoms with Crippen molar-refractivity contribution in [1.82, 2.24) is 9.80 Å². The molecule has 0 spiro atoms. The van der Waals surface area contributed by atoms with Gasteiger partial charge < -0.3 is 19.6 Å². The van der Waals surface area contributed by atoms with Crippen LogP contribution in [-0.2, 0) is 9.59 Å². The van der Waals surface area contributed by atoms with Crippen molar-refractivity contribution in [3.8, 4) is 5.75 Å². The molecule has 1 aliphatic heterocycles. The first-order valence-electron chi connectivity index (χ1n) is 6.92. The molecule has 114 valence electrons. The van der Waals surface area contributed by atoms with Gasteiger partial charge in [0, 0.05) is 6.54 Å². The zero-order valence-electron chi connectivity index (χ0n) is 12.3. The molecule has 21 heavy (non-hydrogen) atoms. The maximum Gasteiger partial charge on any atom is 0.242 e. The SMILES string of the molecule is CCN1CC(=O)N(CC(O)c2cccc(OC)c2)CC1=O. The lowest BCUT2D eigenvalue weighted by Gasteiger charge is -2.34. The number of aliphatic hydroxyl groups excluding tert-OH is 1. The minimum Gasteiger partial charge on any atom is -0.497 e. The van der Waals surface area contributed by atoms with Crippen LogP contribution in [0.4, 0.5) is 0 Å². The second-order valence-electron chi connectivity index (χ2n) is 4.97. The molecule has 0 aliphatic carbocycles. The van der Waals surface area contributed by atoms with Crippen molar-refractivity contribution >= 4 is 11.8 Å². The van der Waals surface area contributed by atoms with Gasteiger partial charge in [-0.25, -0.2) is 0 Å². The van der Waals surface area contributed by atoms with Gasteiger partial charge in [-0.1, -0.05) is 12.1 Å². The molecular weight excluding hydrogens is 272 g/mol. The molecule has 1 aliphatic rings. The van der Waals surface area contributed by atoms with E-state index in [1.54, 1.807) is 31.4 Å². The zero-order chi connectivity index (χ0) is 15.4. The van der Waals surface area contributed by atoms with Crippen molar-refractivity contribution in [3.63, 3.8) is 0 Å². The Hall–Kier alpha value is -2.08. The molecule has 6 heteroatoms. The van der Waals surface area contributed by atoms with Crippen LogP contribution in [0.25, 0.3) is 0 Å². The number of nitrogens with zero attached hydrogens (tertiary/aromatic N) is 2. The number of hydrogen-bond acceptors (Lipinski definition) is 4. The number of ether oxygens (including phenoxy) is 1. The Morgan fingerprint density at radius 1 is 1.24 bits per heavy atom. The lowest BCUT2D eigenvalue weighted by Crippen LogP contribution is -2.54. The number of amides is 2. The molecule has 1 unspecified atom stereocenters. The molecule has 1 heterocycles. The lowest BCUT2D eigenvalue weighted by molar-refractivity contribution is -0.151. The number of benzene rings is 1. The maximum absolute atomic E-state index is 12.0. The molecule has 2 amide bonds. The van der Waals surface area contributed by atoms with Crippen molar-refractivity contribution in [3.05, 3.63) is 29.8 Å². The van der Waals surface area contributed by atoms with Gasteiger partial charge in [-0.3, -0.25) is 9.59 Å². The Balaban J connectivity index is 2.03. The van der Waals surface area contributed by atoms with Crippen LogP contribution in [0.1, 0.15) is 18.6 Å². The molecule has 6 nitrogen and oxygen atoms in total. The van der Waals surface area contributed by atoms with Gasteiger partial charge in [0.1, 0.15) is 5.75 Å². The molecule has 1 N–H and O–H groups in total. The van der Waals surface area contributed by atoms with Crippen LogP contribution in [-0.4, -0.2) is 60.0 Å². The van der Waals surface area contributed by atoms with E-state index in [0.717, 1.165) is 0 Å². The number of rotatable bonds is 5. The van der Waals surface area contributed by atoms with Gasteiger partial charge >= 0.3 is 0 Å². The smallest absolute Gasteiger partial charge is 0.242 e. The van der Waals surface area contributed by atoms with Crippen LogP contribution in [0, 0.1) is 0 Å². The Morgan fingerprint density at radius 2 is 1.90 bits per heavy atom. The van der Waals surface area contributed by atoms with E-state index in [-0.39, 0.29) is 31.4 Å². The summed E-state index contributed by atoms with van der Waals surface area (Å²) in [5, 5.41) is 10.2. The van der Waals surface area contributed by atoms with Gasteiger partial charge in [-0.05, 0) is 24.6 Å². The van der Waals surface area contributed by atoms with Crippen LogP contribution in [0.5, 0.6) is 5.75 Å². The van der Waals surface area contributed by atoms with Gasteiger partial charge in [-0.2, -0.15) is 0 Å². The quantitative estimate of drug-likeness (QED) is 0.854. The summed E-state index contributed by atoms with van der Waals surface area (Å²) >= 11 is 0. The van der Waals surface area contributed by atoms with Crippen molar-refractivity contribution in [1.29, 1.82) is 0 Å². The minimum atomic E-state index is -0.843. The zero-order valence-corrected chi connectivity index (χ0v) is 12.3. The van der Waals surface area contributed by atoms with Crippen molar-refractivity contribution < 1.29 is 19.4 Å². The highest BCUT2D eigenvalue weighted by molar-refractivity contribution is 5.92. The summed E-state index contributed by atoms with van der Waals surface area (Å²) in [6.07, 6.45) is -0.843. The number of β-amino-alcohol motifs (C(OH)–C–C–N with tert-alkyl or cyclic N) is 1. The third-order valence-corrected chi connectivity index (χ3v) is 3.61. The Labute approximate surface area is 123 Å². The van der Waals surface area contributed by atoms with Crippen LogP contribution in [0.2, 0.25) is 0 Å². The Bertz CT molecular complexity index is 532. The van der Waals surface area contributed by atoms with E-state index < -0.39 is 6.10 Å². The number of piperazine rings is 1. The highest BCUT2D eigenvalue weighted by Crippen LogP contribution is 2.20. The van der Waals surface area contributed by atoms with Crippen LogP contribution < -0.4 is 4.74 Å². The molecule has 0 saturated carbocycles. The third-order valence-electron chi connectivity index (χ3n) is 3.61. The molecule has 1 aromatic carbocycles. The van der Waals surface area contributed by atoms with Crippen LogP contribution >= 0.6 is 0 Å². The number of carbonyl (C=O) groups is 2. The van der Waals surface area contributed by atoms with E-state index in [9.17, 15) is 14.7 Å². The van der Waals surface area contributed by atoms with Gasteiger partial charge in [0.05, 0.1) is 32.8 Å². The molecule has 1 atom stereocenters. The summed E-state index contributed by atoms with van der Waals surface area (Å²) in [4.78, 5) is 26.7. The standard InChI is InChI=1S/C15H20N2O4/c1-3-16-9-15(20)17(10-14(16)19)8-13(18)11-5-4-6-12(7-11)21-2/h4-7,13,18H,3,8-10H2,1-2H3. The van der Waals surface area contributed by atoms with Crippen molar-refractivity contribution in [2.24, 2.45) is 0 Å². The molecule has 0 bridgehead atoms. The van der Waals surface area contributed by atoms with E-state index >= 15 is 0 Å². The van der Waals surface area contributed by atoms with E-state index in [1.165, 1.54) is 9.80 Å². The van der Waals surface area contributed by atoms with Crippen LogP contribution in [0.3, 0.4) is 0 Å². The van der Waals surface area contributed by atoms with E-state index in [1.807, 2.05) is 6.92 Å². The minimum absolute atomic E-state index is 0.0215. The maximum atomic E-state index is 12.0. The molecule has 0 radical (unpaired) electrons. The first kappa shape index (κ1) is 15.3. The molecule has 1 saturated heterocycles. The fourth-order valence-electron chi connectivity index (χ4n) is 2.32. The fraction of sp³-hybridized carbons (Fsp3) is 0.467. The van der Waals surface area contributed by atoms with Gasteiger partial charge in [0.25, 0.3) is 0 Å². The van der Waals surface area contributed by atoms with Gasteiger partial charge in [0.15, 0.2) is 0 Å². The average molecular weight is 292 g/mol. The van der Waals surface area contributed by atoms with Crippen molar-refractivity contribution in [2.45, 2.75) is 13.0 Å². The van der Waals surface area contributed by atoms with Gasteiger partial charge in [-0.15, -0.1) is 0 Å². The molecule has 1 fully saturated rings. The largest absolute Gasteiger partial charge is 0.497 e. The van der Waals surface area contributed by atoms with E-state index in [4.69, 9.17) is 4.74 Å². The summed E-state index contributed by atoms with van der Waals surface area (Å²) < 4.78 is 5.11. The normalized spacial score (nSPS) is 17.1. The summed E-state index contributed by atoms with van der Waals surface area (Å²) in [6, 6.07) is 7.05. The highest BCUT2D eigenvalue weighted by Gasteiger charge is 2.30. The first-order chi connectivity index (χ1) is 10.0. The van der Waals surface area contributed by atoms with E-state index in [2.05, 4.69) is 0 Å². The third kappa shape index (κ3) is 3.52. The summed E-state index contributed by atoms with van der Waals surface area (Å²) in [5.41, 5.74) is 0.660. The number of methoxy groups -OCH3 is 1. The monoisotopic (exact) mass is 292 g/mol. The summed E-state index contributed by atoms with van der Waals surface area (Å²) in [7, 11) is 1.55. The van der Waals surface area contributed by atoms with Crippen LogP contribution in [0.15, 0.2) is 24.3 Å². The molecule has 1 aromatic rings. The Morgan fingerprint density at radius 3 is 2.57 bits per heavy atom. The number of hydrogen-bond donors (Lipinski definition) is 1. The van der Waals surface area contributed by atoms with Gasteiger partial charge in [0.2, 0.25) is 11.8 Å². The predicted octanol–water partition coefficient (Wildman–Crippen LogP) is 0.419. The first-order valence-corrected chi connectivity index (χ1v) is 6.92. The second kappa shape index (κ2) is 6.58. The lowest BCUT2D eigenvalue weighted by atomic mass is 10.1. The fourth-order valence-corrected chi connectivity index (χ4v) is 2.32. The predicted molar refractivity (Wildman–Crippen MR) is 76.8 cm³/mol. The van der Waals surface area contributed by atoms with Crippen molar-refractivity contribution in [2.75, 3.05) is 33.3 Å². The summed E-state index contributed by atoms with van der Waals surface area (Å²) in [5.74, 6) is 0.415. The second-order valence-corrected chi connectivity index (χ2v) is 4.97. The molecule has 0 aromatic heterocycles. The van der Waals surface area contributed by atoms with E-state index in [0.29, 0.717) is 17.9 Å². The number of carbonyl (C=O) groups excluding carboxylic acids is 2. The molecular formula is C15H20N2O4. The topological polar surface area (TPSA) is 70.1 Å².